The Labute approximate surface area is 126 Å². The summed E-state index contributed by atoms with van der Waals surface area (Å²) in [5.74, 6) is 1.60. The van der Waals surface area contributed by atoms with Crippen molar-refractivity contribution in [2.75, 3.05) is 38.3 Å². The molecule has 5 nitrogen and oxygen atoms in total. The first-order valence-corrected chi connectivity index (χ1v) is 7.88. The summed E-state index contributed by atoms with van der Waals surface area (Å²) >= 11 is 3.37. The SMILES string of the molecule is O=C1N(CCBr)CCN1CCc1ccc2c(c1)OCO2. The molecule has 0 N–H and O–H groups in total. The van der Waals surface area contributed by atoms with Gasteiger partial charge in [-0.1, -0.05) is 22.0 Å². The quantitative estimate of drug-likeness (QED) is 0.771. The molecule has 1 fully saturated rings. The van der Waals surface area contributed by atoms with Crippen molar-refractivity contribution in [3.8, 4) is 11.5 Å². The third-order valence-corrected chi connectivity index (χ3v) is 4.00. The Kier molecular flexibility index (Phi) is 4.00. The smallest absolute Gasteiger partial charge is 0.320 e. The van der Waals surface area contributed by atoms with Crippen LogP contribution in [0.25, 0.3) is 0 Å². The van der Waals surface area contributed by atoms with E-state index < -0.39 is 0 Å². The van der Waals surface area contributed by atoms with Gasteiger partial charge in [-0.15, -0.1) is 0 Å². The maximum Gasteiger partial charge on any atom is 0.320 e. The normalized spacial score (nSPS) is 17.1. The molecule has 0 radical (unpaired) electrons. The Balaban J connectivity index is 1.56. The predicted octanol–water partition coefficient (Wildman–Crippen LogP) is 2.09. The summed E-state index contributed by atoms with van der Waals surface area (Å²) in [5.41, 5.74) is 1.17. The summed E-state index contributed by atoms with van der Waals surface area (Å²) in [4.78, 5) is 15.9. The van der Waals surface area contributed by atoms with E-state index in [4.69, 9.17) is 9.47 Å². The molecule has 0 aromatic heterocycles. The predicted molar refractivity (Wildman–Crippen MR) is 78.6 cm³/mol. The van der Waals surface area contributed by atoms with Crippen LogP contribution in [0.3, 0.4) is 0 Å². The Bertz CT molecular complexity index is 509. The van der Waals surface area contributed by atoms with E-state index >= 15 is 0 Å². The molecule has 2 aliphatic heterocycles. The van der Waals surface area contributed by atoms with Gasteiger partial charge in [0.05, 0.1) is 0 Å². The molecule has 0 bridgehead atoms. The zero-order chi connectivity index (χ0) is 13.9. The molecule has 0 unspecified atom stereocenters. The van der Waals surface area contributed by atoms with Crippen LogP contribution in [0.4, 0.5) is 4.79 Å². The van der Waals surface area contributed by atoms with Gasteiger partial charge < -0.3 is 19.3 Å². The van der Waals surface area contributed by atoms with Gasteiger partial charge in [0.2, 0.25) is 6.79 Å². The molecule has 108 valence electrons. The number of hydrogen-bond donors (Lipinski definition) is 0. The Morgan fingerprint density at radius 1 is 1.10 bits per heavy atom. The molecule has 1 aromatic rings. The largest absolute Gasteiger partial charge is 0.454 e. The molecular weight excluding hydrogens is 324 g/mol. The zero-order valence-corrected chi connectivity index (χ0v) is 12.8. The highest BCUT2D eigenvalue weighted by Gasteiger charge is 2.27. The molecule has 20 heavy (non-hydrogen) atoms. The lowest BCUT2D eigenvalue weighted by Crippen LogP contribution is -2.34. The van der Waals surface area contributed by atoms with E-state index in [0.717, 1.165) is 49.4 Å². The number of carbonyl (C=O) groups is 1. The second-order valence-electron chi connectivity index (χ2n) is 4.88. The number of ether oxygens (including phenoxy) is 2. The first kappa shape index (κ1) is 13.5. The van der Waals surface area contributed by atoms with Crippen LogP contribution in [0.2, 0.25) is 0 Å². The van der Waals surface area contributed by atoms with Gasteiger partial charge in [0, 0.05) is 31.5 Å². The summed E-state index contributed by atoms with van der Waals surface area (Å²) in [5, 5.41) is 0.828. The van der Waals surface area contributed by atoms with Crippen LogP contribution >= 0.6 is 15.9 Å². The van der Waals surface area contributed by atoms with Gasteiger partial charge >= 0.3 is 6.03 Å². The summed E-state index contributed by atoms with van der Waals surface area (Å²) in [7, 11) is 0. The summed E-state index contributed by atoms with van der Waals surface area (Å²) in [6.07, 6.45) is 0.838. The number of urea groups is 1. The lowest BCUT2D eigenvalue weighted by Gasteiger charge is -2.17. The fraction of sp³-hybridized carbons (Fsp3) is 0.500. The second kappa shape index (κ2) is 5.91. The summed E-state index contributed by atoms with van der Waals surface area (Å²) < 4.78 is 10.7. The highest BCUT2D eigenvalue weighted by Crippen LogP contribution is 2.32. The Morgan fingerprint density at radius 2 is 1.85 bits per heavy atom. The van der Waals surface area contributed by atoms with Crippen molar-refractivity contribution in [3.05, 3.63) is 23.8 Å². The fourth-order valence-electron chi connectivity index (χ4n) is 2.51. The molecule has 0 atom stereocenters. The third-order valence-electron chi connectivity index (χ3n) is 3.64. The van der Waals surface area contributed by atoms with E-state index in [1.54, 1.807) is 0 Å². The molecule has 3 rings (SSSR count). The number of nitrogens with zero attached hydrogens (tertiary/aromatic N) is 2. The van der Waals surface area contributed by atoms with Crippen LogP contribution in [0.15, 0.2) is 18.2 Å². The second-order valence-corrected chi connectivity index (χ2v) is 5.68. The minimum absolute atomic E-state index is 0.144. The molecular formula is C14H17BrN2O3. The van der Waals surface area contributed by atoms with E-state index in [9.17, 15) is 4.79 Å². The zero-order valence-electron chi connectivity index (χ0n) is 11.2. The van der Waals surface area contributed by atoms with Gasteiger partial charge in [-0.25, -0.2) is 4.79 Å². The van der Waals surface area contributed by atoms with Gasteiger partial charge in [-0.2, -0.15) is 0 Å². The van der Waals surface area contributed by atoms with Crippen molar-refractivity contribution < 1.29 is 14.3 Å². The van der Waals surface area contributed by atoms with Crippen molar-refractivity contribution in [1.82, 2.24) is 9.80 Å². The van der Waals surface area contributed by atoms with Crippen molar-refractivity contribution in [1.29, 1.82) is 0 Å². The van der Waals surface area contributed by atoms with Crippen LogP contribution in [0, 0.1) is 0 Å². The molecule has 1 aromatic carbocycles. The standard InChI is InChI=1S/C14H17BrN2O3/c15-4-6-17-8-7-16(14(17)18)5-3-11-1-2-12-13(9-11)20-10-19-12/h1-2,9H,3-8,10H2. The van der Waals surface area contributed by atoms with Gasteiger partial charge in [0.1, 0.15) is 0 Å². The number of halogens is 1. The van der Waals surface area contributed by atoms with Crippen LogP contribution in [-0.2, 0) is 6.42 Å². The van der Waals surface area contributed by atoms with Crippen molar-refractivity contribution in [2.45, 2.75) is 6.42 Å². The lowest BCUT2D eigenvalue weighted by atomic mass is 10.1. The topological polar surface area (TPSA) is 42.0 Å². The van der Waals surface area contributed by atoms with E-state index in [-0.39, 0.29) is 6.03 Å². The molecule has 0 aliphatic carbocycles. The number of carbonyl (C=O) groups excluding carboxylic acids is 1. The highest BCUT2D eigenvalue weighted by molar-refractivity contribution is 9.09. The van der Waals surface area contributed by atoms with Crippen LogP contribution in [-0.4, -0.2) is 54.1 Å². The average molecular weight is 341 g/mol. The Hall–Kier alpha value is -1.43. The first-order chi connectivity index (χ1) is 9.78. The van der Waals surface area contributed by atoms with Crippen LogP contribution < -0.4 is 9.47 Å². The number of fused-ring (bicyclic) bond motifs is 1. The van der Waals surface area contributed by atoms with Crippen molar-refractivity contribution in [2.24, 2.45) is 0 Å². The van der Waals surface area contributed by atoms with Gasteiger partial charge in [-0.3, -0.25) is 0 Å². The lowest BCUT2D eigenvalue weighted by molar-refractivity contribution is 0.174. The third kappa shape index (κ3) is 2.70. The van der Waals surface area contributed by atoms with E-state index in [1.165, 1.54) is 5.56 Å². The number of hydrogen-bond acceptors (Lipinski definition) is 3. The van der Waals surface area contributed by atoms with Gasteiger partial charge in [-0.05, 0) is 24.1 Å². The molecule has 6 heteroatoms. The van der Waals surface area contributed by atoms with E-state index in [0.29, 0.717) is 6.79 Å². The van der Waals surface area contributed by atoms with Crippen molar-refractivity contribution in [3.63, 3.8) is 0 Å². The molecule has 0 saturated carbocycles. The number of rotatable bonds is 5. The fourth-order valence-corrected chi connectivity index (χ4v) is 2.94. The maximum absolute atomic E-state index is 12.1. The Morgan fingerprint density at radius 3 is 2.65 bits per heavy atom. The highest BCUT2D eigenvalue weighted by atomic mass is 79.9. The van der Waals surface area contributed by atoms with Crippen LogP contribution in [0.5, 0.6) is 11.5 Å². The number of benzene rings is 1. The molecule has 2 heterocycles. The van der Waals surface area contributed by atoms with Crippen molar-refractivity contribution >= 4 is 22.0 Å². The molecule has 1 saturated heterocycles. The monoisotopic (exact) mass is 340 g/mol. The van der Waals surface area contributed by atoms with Gasteiger partial charge in [0.25, 0.3) is 0 Å². The maximum atomic E-state index is 12.1. The average Bonchev–Trinajstić information content (AvgIpc) is 3.05. The number of amides is 2. The first-order valence-electron chi connectivity index (χ1n) is 6.76. The van der Waals surface area contributed by atoms with Crippen LogP contribution in [0.1, 0.15) is 5.56 Å². The molecule has 0 spiro atoms. The van der Waals surface area contributed by atoms with E-state index in [1.807, 2.05) is 28.0 Å². The van der Waals surface area contributed by atoms with E-state index in [2.05, 4.69) is 15.9 Å². The number of alkyl halides is 1. The molecule has 2 amide bonds. The summed E-state index contributed by atoms with van der Waals surface area (Å²) in [6.45, 7) is 3.46. The minimum Gasteiger partial charge on any atom is -0.454 e. The summed E-state index contributed by atoms with van der Waals surface area (Å²) in [6, 6.07) is 6.11. The van der Waals surface area contributed by atoms with Gasteiger partial charge in [0.15, 0.2) is 11.5 Å². The minimum atomic E-state index is 0.144. The molecule has 2 aliphatic rings.